The average Bonchev–Trinajstić information content (AvgIpc) is 2.87. The predicted octanol–water partition coefficient (Wildman–Crippen LogP) is 0.950. The van der Waals surface area contributed by atoms with Crippen molar-refractivity contribution in [2.75, 3.05) is 5.32 Å². The Labute approximate surface area is 122 Å². The first-order valence-corrected chi connectivity index (χ1v) is 6.97. The summed E-state index contributed by atoms with van der Waals surface area (Å²) in [6.45, 7) is 1.92. The molecule has 1 amide bonds. The summed E-state index contributed by atoms with van der Waals surface area (Å²) >= 11 is 0. The fraction of sp³-hybridized carbons (Fsp3) is 0.429. The molecular weight excluding hydrogens is 268 g/mol. The zero-order valence-corrected chi connectivity index (χ0v) is 12.1. The van der Waals surface area contributed by atoms with Gasteiger partial charge in [-0.25, -0.2) is 9.97 Å². The van der Waals surface area contributed by atoms with Crippen LogP contribution in [-0.2, 0) is 11.8 Å². The maximum atomic E-state index is 11.7. The lowest BCUT2D eigenvalue weighted by atomic mass is 9.95. The molecule has 2 aromatic rings. The molecule has 2 N–H and O–H groups in total. The van der Waals surface area contributed by atoms with Gasteiger partial charge in [-0.2, -0.15) is 5.10 Å². The standard InChI is InChI=1S/C14H18N6O/c1-9-5-7-15-14(17-9)18-10-3-4-12(21)19-13(10)11-6-8-16-20(11)2/h5-8,10,13H,3-4H2,1-2H3,(H,19,21)(H,15,17,18)/t10-,13-/m1/s1. The smallest absolute Gasteiger partial charge is 0.223 e. The van der Waals surface area contributed by atoms with E-state index in [1.807, 2.05) is 26.1 Å². The second kappa shape index (κ2) is 5.51. The van der Waals surface area contributed by atoms with Crippen molar-refractivity contribution in [1.29, 1.82) is 0 Å². The van der Waals surface area contributed by atoms with Gasteiger partial charge in [-0.05, 0) is 25.5 Å². The van der Waals surface area contributed by atoms with Gasteiger partial charge >= 0.3 is 0 Å². The van der Waals surface area contributed by atoms with Gasteiger partial charge in [0.05, 0.1) is 17.8 Å². The molecule has 0 bridgehead atoms. The van der Waals surface area contributed by atoms with E-state index in [1.54, 1.807) is 17.1 Å². The largest absolute Gasteiger partial charge is 0.349 e. The van der Waals surface area contributed by atoms with Crippen LogP contribution in [0.15, 0.2) is 24.5 Å². The SMILES string of the molecule is Cc1ccnc(N[C@@H]2CCC(=O)N[C@H]2c2ccnn2C)n1. The lowest BCUT2D eigenvalue weighted by Gasteiger charge is -2.32. The summed E-state index contributed by atoms with van der Waals surface area (Å²) in [5.74, 6) is 0.646. The highest BCUT2D eigenvalue weighted by Gasteiger charge is 2.32. The van der Waals surface area contributed by atoms with Gasteiger partial charge < -0.3 is 10.6 Å². The maximum absolute atomic E-state index is 11.7. The lowest BCUT2D eigenvalue weighted by Crippen LogP contribution is -2.46. The normalized spacial score (nSPS) is 21.9. The topological polar surface area (TPSA) is 84.7 Å². The molecule has 110 valence electrons. The Morgan fingerprint density at radius 2 is 2.24 bits per heavy atom. The number of aryl methyl sites for hydroxylation is 2. The molecule has 1 aliphatic rings. The van der Waals surface area contributed by atoms with Gasteiger partial charge in [-0.3, -0.25) is 9.48 Å². The summed E-state index contributed by atoms with van der Waals surface area (Å²) in [5, 5.41) is 10.5. The molecule has 0 spiro atoms. The zero-order chi connectivity index (χ0) is 14.8. The summed E-state index contributed by atoms with van der Waals surface area (Å²) in [6, 6.07) is 3.68. The van der Waals surface area contributed by atoms with E-state index in [2.05, 4.69) is 25.7 Å². The molecule has 1 aliphatic heterocycles. The first kappa shape index (κ1) is 13.5. The molecule has 21 heavy (non-hydrogen) atoms. The van der Waals surface area contributed by atoms with E-state index in [4.69, 9.17) is 0 Å². The molecule has 2 aromatic heterocycles. The van der Waals surface area contributed by atoms with Crippen LogP contribution >= 0.6 is 0 Å². The molecule has 1 fully saturated rings. The van der Waals surface area contributed by atoms with Crippen molar-refractivity contribution in [2.24, 2.45) is 7.05 Å². The number of carbonyl (C=O) groups is 1. The summed E-state index contributed by atoms with van der Waals surface area (Å²) < 4.78 is 1.78. The highest BCUT2D eigenvalue weighted by molar-refractivity contribution is 5.77. The van der Waals surface area contributed by atoms with Crippen LogP contribution in [0.5, 0.6) is 0 Å². The fourth-order valence-electron chi connectivity index (χ4n) is 2.61. The molecule has 0 saturated carbocycles. The molecule has 2 atom stereocenters. The summed E-state index contributed by atoms with van der Waals surface area (Å²) in [5.41, 5.74) is 1.87. The molecule has 0 radical (unpaired) electrons. The van der Waals surface area contributed by atoms with Gasteiger partial charge in [0.1, 0.15) is 0 Å². The monoisotopic (exact) mass is 286 g/mol. The first-order valence-electron chi connectivity index (χ1n) is 6.97. The van der Waals surface area contributed by atoms with E-state index in [0.29, 0.717) is 12.4 Å². The Morgan fingerprint density at radius 1 is 1.38 bits per heavy atom. The number of amides is 1. The number of anilines is 1. The number of hydrogen-bond donors (Lipinski definition) is 2. The van der Waals surface area contributed by atoms with E-state index in [-0.39, 0.29) is 18.0 Å². The van der Waals surface area contributed by atoms with Gasteiger partial charge in [-0.1, -0.05) is 0 Å². The lowest BCUT2D eigenvalue weighted by molar-refractivity contribution is -0.123. The number of aromatic nitrogens is 4. The maximum Gasteiger partial charge on any atom is 0.223 e. The summed E-state index contributed by atoms with van der Waals surface area (Å²) in [7, 11) is 1.87. The Kier molecular flexibility index (Phi) is 3.55. The second-order valence-corrected chi connectivity index (χ2v) is 5.24. The van der Waals surface area contributed by atoms with Crippen molar-refractivity contribution >= 4 is 11.9 Å². The Morgan fingerprint density at radius 3 is 2.95 bits per heavy atom. The van der Waals surface area contributed by atoms with Crippen LogP contribution in [0.4, 0.5) is 5.95 Å². The third kappa shape index (κ3) is 2.86. The van der Waals surface area contributed by atoms with Crippen LogP contribution in [0.3, 0.4) is 0 Å². The number of hydrogen-bond acceptors (Lipinski definition) is 5. The molecule has 3 rings (SSSR count). The van der Waals surface area contributed by atoms with Crippen LogP contribution in [0.25, 0.3) is 0 Å². The van der Waals surface area contributed by atoms with Crippen LogP contribution in [-0.4, -0.2) is 31.7 Å². The van der Waals surface area contributed by atoms with Gasteiger partial charge in [0.2, 0.25) is 11.9 Å². The van der Waals surface area contributed by atoms with E-state index < -0.39 is 0 Å². The third-order valence-electron chi connectivity index (χ3n) is 3.69. The molecule has 7 heteroatoms. The van der Waals surface area contributed by atoms with E-state index in [0.717, 1.165) is 17.8 Å². The van der Waals surface area contributed by atoms with E-state index in [9.17, 15) is 4.79 Å². The minimum atomic E-state index is -0.136. The summed E-state index contributed by atoms with van der Waals surface area (Å²) in [4.78, 5) is 20.3. The number of nitrogens with one attached hydrogen (secondary N) is 2. The highest BCUT2D eigenvalue weighted by Crippen LogP contribution is 2.25. The zero-order valence-electron chi connectivity index (χ0n) is 12.1. The quantitative estimate of drug-likeness (QED) is 0.877. The fourth-order valence-corrected chi connectivity index (χ4v) is 2.61. The van der Waals surface area contributed by atoms with Crippen LogP contribution in [0.1, 0.15) is 30.3 Å². The number of nitrogens with zero attached hydrogens (tertiary/aromatic N) is 4. The number of piperidine rings is 1. The van der Waals surface area contributed by atoms with Gasteiger partial charge in [0.25, 0.3) is 0 Å². The Hall–Kier alpha value is -2.44. The van der Waals surface area contributed by atoms with Crippen molar-refractivity contribution < 1.29 is 4.79 Å². The van der Waals surface area contributed by atoms with Crippen molar-refractivity contribution in [3.8, 4) is 0 Å². The van der Waals surface area contributed by atoms with Crippen LogP contribution in [0, 0.1) is 6.92 Å². The molecule has 0 aliphatic carbocycles. The molecule has 7 nitrogen and oxygen atoms in total. The highest BCUT2D eigenvalue weighted by atomic mass is 16.1. The Balaban J connectivity index is 1.84. The van der Waals surface area contributed by atoms with E-state index >= 15 is 0 Å². The van der Waals surface area contributed by atoms with Crippen molar-refractivity contribution in [1.82, 2.24) is 25.1 Å². The van der Waals surface area contributed by atoms with Crippen molar-refractivity contribution in [3.63, 3.8) is 0 Å². The molecule has 3 heterocycles. The van der Waals surface area contributed by atoms with Gasteiger partial charge in [0, 0.05) is 31.6 Å². The van der Waals surface area contributed by atoms with E-state index in [1.165, 1.54) is 0 Å². The second-order valence-electron chi connectivity index (χ2n) is 5.24. The van der Waals surface area contributed by atoms with Crippen molar-refractivity contribution in [3.05, 3.63) is 35.9 Å². The van der Waals surface area contributed by atoms with Gasteiger partial charge in [0.15, 0.2) is 0 Å². The summed E-state index contributed by atoms with van der Waals surface area (Å²) in [6.07, 6.45) is 4.69. The molecule has 0 unspecified atom stereocenters. The third-order valence-corrected chi connectivity index (χ3v) is 3.69. The van der Waals surface area contributed by atoms with Crippen LogP contribution < -0.4 is 10.6 Å². The van der Waals surface area contributed by atoms with Crippen molar-refractivity contribution in [2.45, 2.75) is 31.8 Å². The average molecular weight is 286 g/mol. The van der Waals surface area contributed by atoms with Gasteiger partial charge in [-0.15, -0.1) is 0 Å². The first-order chi connectivity index (χ1) is 10.1. The predicted molar refractivity (Wildman–Crippen MR) is 77.5 cm³/mol. The number of rotatable bonds is 3. The minimum absolute atomic E-state index is 0.0416. The molecular formula is C14H18N6O. The minimum Gasteiger partial charge on any atom is -0.349 e. The number of carbonyl (C=O) groups excluding carboxylic acids is 1. The molecule has 0 aromatic carbocycles. The molecule has 1 saturated heterocycles. The van der Waals surface area contributed by atoms with Crippen LogP contribution in [0.2, 0.25) is 0 Å². The Bertz CT molecular complexity index is 652.